The Labute approximate surface area is 176 Å². The van der Waals surface area contributed by atoms with Gasteiger partial charge >= 0.3 is 17.9 Å². The van der Waals surface area contributed by atoms with Crippen LogP contribution in [-0.2, 0) is 28.6 Å². The first-order valence-electron chi connectivity index (χ1n) is 9.33. The Morgan fingerprint density at radius 1 is 0.667 bits per heavy atom. The summed E-state index contributed by atoms with van der Waals surface area (Å²) in [7, 11) is 0. The van der Waals surface area contributed by atoms with E-state index in [1.54, 1.807) is 0 Å². The number of hydrogen-bond acceptors (Lipinski definition) is 9. The maximum absolute atomic E-state index is 11.6. The van der Waals surface area contributed by atoms with Crippen molar-refractivity contribution in [2.75, 3.05) is 26.4 Å². The average molecular weight is 428 g/mol. The Morgan fingerprint density at radius 2 is 0.933 bits per heavy atom. The summed E-state index contributed by atoms with van der Waals surface area (Å²) in [5, 5.41) is 31.8. The summed E-state index contributed by atoms with van der Waals surface area (Å²) in [6.07, 6.45) is -0.911. The summed E-state index contributed by atoms with van der Waals surface area (Å²) < 4.78 is 14.9. The van der Waals surface area contributed by atoms with Crippen molar-refractivity contribution in [3.05, 3.63) is 36.5 Å². The zero-order valence-electron chi connectivity index (χ0n) is 17.9. The van der Waals surface area contributed by atoms with E-state index >= 15 is 0 Å². The Balaban J connectivity index is 5.34. The highest BCUT2D eigenvalue weighted by atomic mass is 16.5. The second kappa shape index (κ2) is 12.3. The van der Waals surface area contributed by atoms with Crippen LogP contribution in [0.2, 0.25) is 0 Å². The lowest BCUT2D eigenvalue weighted by Gasteiger charge is -2.42. The average Bonchev–Trinajstić information content (AvgIpc) is 2.66. The Morgan fingerprint density at radius 3 is 1.17 bits per heavy atom. The molecule has 0 saturated heterocycles. The Kier molecular flexibility index (Phi) is 11.2. The molecule has 0 aromatic heterocycles. The highest BCUT2D eigenvalue weighted by Crippen LogP contribution is 2.33. The zero-order chi connectivity index (χ0) is 23.5. The molecule has 0 aliphatic carbocycles. The lowest BCUT2D eigenvalue weighted by atomic mass is 9.76. The van der Waals surface area contributed by atoms with E-state index in [0.29, 0.717) is 0 Å². The van der Waals surface area contributed by atoms with Crippen molar-refractivity contribution in [1.29, 1.82) is 0 Å². The van der Waals surface area contributed by atoms with Crippen LogP contribution < -0.4 is 0 Å². The van der Waals surface area contributed by atoms with E-state index in [1.807, 2.05) is 0 Å². The summed E-state index contributed by atoms with van der Waals surface area (Å²) in [4.78, 5) is 34.7. The standard InChI is InChI=1S/C21H32O9/c1-14(2)17(23)28-10-7-20(26,8-11-29-18(24)15(3)4)21(27,13-22)9-12-30-19(25)16(5)6/h22,26-27H,1,3,5,7-13H2,2,4,6H3. The normalized spacial score (nSPS) is 13.0. The molecular formula is C21H32O9. The molecule has 9 nitrogen and oxygen atoms in total. The third kappa shape index (κ3) is 8.48. The van der Waals surface area contributed by atoms with Crippen LogP contribution >= 0.6 is 0 Å². The van der Waals surface area contributed by atoms with Gasteiger partial charge in [0.1, 0.15) is 11.2 Å². The van der Waals surface area contributed by atoms with E-state index < -0.39 is 35.7 Å². The van der Waals surface area contributed by atoms with Gasteiger partial charge in [-0.05, 0) is 20.8 Å². The maximum Gasteiger partial charge on any atom is 0.333 e. The molecule has 0 aliphatic rings. The Bertz CT molecular complexity index is 648. The van der Waals surface area contributed by atoms with Crippen molar-refractivity contribution >= 4 is 17.9 Å². The maximum atomic E-state index is 11.6. The number of rotatable bonds is 14. The van der Waals surface area contributed by atoms with Crippen LogP contribution in [0.3, 0.4) is 0 Å². The van der Waals surface area contributed by atoms with E-state index in [-0.39, 0.29) is 55.8 Å². The van der Waals surface area contributed by atoms with Crippen molar-refractivity contribution in [2.24, 2.45) is 0 Å². The van der Waals surface area contributed by atoms with Crippen molar-refractivity contribution in [3.8, 4) is 0 Å². The summed E-state index contributed by atoms with van der Waals surface area (Å²) in [6.45, 7) is 12.9. The SMILES string of the molecule is C=C(C)C(=O)OCCC(O)(CO)C(O)(CCOC(=O)C(=C)C)CCOC(=O)C(=C)C. The van der Waals surface area contributed by atoms with Crippen LogP contribution in [0.5, 0.6) is 0 Å². The fraction of sp³-hybridized carbons (Fsp3) is 0.571. The van der Waals surface area contributed by atoms with Crippen LogP contribution in [0.15, 0.2) is 36.5 Å². The first kappa shape index (κ1) is 27.5. The van der Waals surface area contributed by atoms with E-state index in [0.717, 1.165) is 0 Å². The molecule has 0 radical (unpaired) electrons. The molecule has 170 valence electrons. The highest BCUT2D eigenvalue weighted by Gasteiger charge is 2.48. The predicted octanol–water partition coefficient (Wildman–Crippen LogP) is 0.969. The van der Waals surface area contributed by atoms with Crippen molar-refractivity contribution in [1.82, 2.24) is 0 Å². The van der Waals surface area contributed by atoms with E-state index in [1.165, 1.54) is 20.8 Å². The van der Waals surface area contributed by atoms with Gasteiger partial charge in [0.15, 0.2) is 0 Å². The van der Waals surface area contributed by atoms with E-state index in [9.17, 15) is 29.7 Å². The van der Waals surface area contributed by atoms with Gasteiger partial charge in [0, 0.05) is 36.0 Å². The molecule has 1 unspecified atom stereocenters. The lowest BCUT2D eigenvalue weighted by Crippen LogP contribution is -2.58. The van der Waals surface area contributed by atoms with Gasteiger partial charge in [-0.3, -0.25) is 0 Å². The van der Waals surface area contributed by atoms with Gasteiger partial charge in [-0.15, -0.1) is 0 Å². The highest BCUT2D eigenvalue weighted by molar-refractivity contribution is 5.87. The first-order valence-corrected chi connectivity index (χ1v) is 9.33. The summed E-state index contributed by atoms with van der Waals surface area (Å²) in [6, 6.07) is 0. The molecule has 3 N–H and O–H groups in total. The van der Waals surface area contributed by atoms with Crippen LogP contribution in [0.4, 0.5) is 0 Å². The number of aliphatic hydroxyl groups excluding tert-OH is 1. The monoisotopic (exact) mass is 428 g/mol. The molecular weight excluding hydrogens is 396 g/mol. The first-order chi connectivity index (χ1) is 13.8. The molecule has 0 saturated carbocycles. The number of hydrogen-bond donors (Lipinski definition) is 3. The smallest absolute Gasteiger partial charge is 0.333 e. The largest absolute Gasteiger partial charge is 0.462 e. The molecule has 0 heterocycles. The molecule has 1 atom stereocenters. The third-order valence-electron chi connectivity index (χ3n) is 4.42. The molecule has 0 spiro atoms. The molecule has 0 aliphatic heterocycles. The summed E-state index contributed by atoms with van der Waals surface area (Å²) in [5.74, 6) is -2.06. The topological polar surface area (TPSA) is 140 Å². The van der Waals surface area contributed by atoms with Crippen LogP contribution in [0.1, 0.15) is 40.0 Å². The second-order valence-corrected chi connectivity index (χ2v) is 7.22. The van der Waals surface area contributed by atoms with Gasteiger partial charge in [0.2, 0.25) is 0 Å². The summed E-state index contributed by atoms with van der Waals surface area (Å²) >= 11 is 0. The number of carbonyl (C=O) groups excluding carboxylic acids is 3. The van der Waals surface area contributed by atoms with Gasteiger partial charge in [-0.2, -0.15) is 0 Å². The quantitative estimate of drug-likeness (QED) is 0.210. The second-order valence-electron chi connectivity index (χ2n) is 7.22. The molecule has 30 heavy (non-hydrogen) atoms. The van der Waals surface area contributed by atoms with Gasteiger partial charge in [0.25, 0.3) is 0 Å². The third-order valence-corrected chi connectivity index (χ3v) is 4.42. The van der Waals surface area contributed by atoms with Crippen LogP contribution in [0, 0.1) is 0 Å². The molecule has 0 rings (SSSR count). The van der Waals surface area contributed by atoms with Crippen LogP contribution in [-0.4, -0.2) is 70.9 Å². The van der Waals surface area contributed by atoms with Crippen molar-refractivity contribution in [3.63, 3.8) is 0 Å². The molecule has 9 heteroatoms. The van der Waals surface area contributed by atoms with Gasteiger partial charge in [0.05, 0.1) is 26.4 Å². The molecule has 0 aromatic carbocycles. The molecule has 0 fully saturated rings. The predicted molar refractivity (Wildman–Crippen MR) is 108 cm³/mol. The Hall–Kier alpha value is -2.49. The number of carbonyl (C=O) groups is 3. The van der Waals surface area contributed by atoms with Gasteiger partial charge < -0.3 is 29.5 Å². The minimum Gasteiger partial charge on any atom is -0.462 e. The van der Waals surface area contributed by atoms with E-state index in [4.69, 9.17) is 14.2 Å². The van der Waals surface area contributed by atoms with Gasteiger partial charge in [-0.25, -0.2) is 14.4 Å². The van der Waals surface area contributed by atoms with Crippen molar-refractivity contribution < 1.29 is 43.9 Å². The molecule has 0 amide bonds. The molecule has 0 aromatic rings. The minimum absolute atomic E-state index is 0.149. The van der Waals surface area contributed by atoms with E-state index in [2.05, 4.69) is 19.7 Å². The number of ether oxygens (including phenoxy) is 3. The van der Waals surface area contributed by atoms with Crippen molar-refractivity contribution in [2.45, 2.75) is 51.2 Å². The summed E-state index contributed by atoms with van der Waals surface area (Å²) in [5.41, 5.74) is -3.73. The van der Waals surface area contributed by atoms with Crippen LogP contribution in [0.25, 0.3) is 0 Å². The minimum atomic E-state index is -2.15. The number of esters is 3. The molecule has 0 bridgehead atoms. The zero-order valence-corrected chi connectivity index (χ0v) is 17.9. The fourth-order valence-corrected chi connectivity index (χ4v) is 2.36. The lowest BCUT2D eigenvalue weighted by molar-refractivity contribution is -0.198. The fourth-order valence-electron chi connectivity index (χ4n) is 2.36. The number of aliphatic hydroxyl groups is 3. The van der Waals surface area contributed by atoms with Gasteiger partial charge in [-0.1, -0.05) is 19.7 Å².